The fourth-order valence-corrected chi connectivity index (χ4v) is 1.10. The Morgan fingerprint density at radius 2 is 2.43 bits per heavy atom. The number of nitrogens with zero attached hydrogens (tertiary/aromatic N) is 2. The summed E-state index contributed by atoms with van der Waals surface area (Å²) < 4.78 is 0. The highest BCUT2D eigenvalue weighted by molar-refractivity contribution is 5.37. The van der Waals surface area contributed by atoms with Gasteiger partial charge >= 0.3 is 5.69 Å². The number of H-pyrrole nitrogens is 3. The summed E-state index contributed by atoms with van der Waals surface area (Å²) >= 11 is 0. The molecule has 14 heavy (non-hydrogen) atoms. The molecule has 0 saturated carbocycles. The second-order valence-corrected chi connectivity index (χ2v) is 2.79. The first kappa shape index (κ1) is 8.54. The van der Waals surface area contributed by atoms with Gasteiger partial charge in [0.15, 0.2) is 0 Å². The first-order valence-corrected chi connectivity index (χ1v) is 4.21. The van der Waals surface area contributed by atoms with Crippen molar-refractivity contribution in [3.63, 3.8) is 0 Å². The van der Waals surface area contributed by atoms with Gasteiger partial charge in [0.05, 0.1) is 11.9 Å². The van der Waals surface area contributed by atoms with Crippen molar-refractivity contribution >= 4 is 5.69 Å². The normalized spacial score (nSPS) is 10.3. The van der Waals surface area contributed by atoms with Gasteiger partial charge in [0.25, 0.3) is 0 Å². The zero-order chi connectivity index (χ0) is 9.80. The van der Waals surface area contributed by atoms with Gasteiger partial charge in [0.2, 0.25) is 0 Å². The molecule has 4 N–H and O–H groups in total. The number of hydrogen-bond acceptors (Lipinski definition) is 4. The van der Waals surface area contributed by atoms with Crippen LogP contribution in [0, 0.1) is 0 Å². The van der Waals surface area contributed by atoms with Crippen LogP contribution in [0.2, 0.25) is 0 Å². The zero-order valence-corrected chi connectivity index (χ0v) is 7.37. The zero-order valence-electron chi connectivity index (χ0n) is 7.37. The van der Waals surface area contributed by atoms with Gasteiger partial charge in [-0.05, 0) is 0 Å². The minimum atomic E-state index is -0.275. The maximum absolute atomic E-state index is 10.7. The van der Waals surface area contributed by atoms with Crippen LogP contribution in [0.3, 0.4) is 0 Å². The highest BCUT2D eigenvalue weighted by Gasteiger charge is 1.97. The van der Waals surface area contributed by atoms with Crippen molar-refractivity contribution in [2.24, 2.45) is 0 Å². The summed E-state index contributed by atoms with van der Waals surface area (Å²) in [4.78, 5) is 13.2. The van der Waals surface area contributed by atoms with Crippen molar-refractivity contribution < 1.29 is 0 Å². The van der Waals surface area contributed by atoms with Crippen molar-refractivity contribution in [3.05, 3.63) is 28.7 Å². The van der Waals surface area contributed by atoms with Crippen LogP contribution >= 0.6 is 0 Å². The molecule has 2 aromatic heterocycles. The average molecular weight is 194 g/mol. The fraction of sp³-hybridized carbons (Fsp3) is 0.286. The molecule has 0 atom stereocenters. The number of rotatable bonds is 4. The predicted molar refractivity (Wildman–Crippen MR) is 50.0 cm³/mol. The second kappa shape index (κ2) is 3.77. The number of nitrogens with one attached hydrogen (secondary N) is 4. The number of aromatic amines is 3. The lowest BCUT2D eigenvalue weighted by Crippen LogP contribution is -2.06. The molecule has 0 radical (unpaired) electrons. The Morgan fingerprint density at radius 3 is 3.07 bits per heavy atom. The third-order valence-corrected chi connectivity index (χ3v) is 1.74. The van der Waals surface area contributed by atoms with E-state index in [-0.39, 0.29) is 5.69 Å². The standard InChI is InChI=1S/C7H10N6O/c14-7-11-6(12-13-7)1-2-8-5-3-9-10-4-5/h3-4,8H,1-2H2,(H,9,10)(H2,11,12,13,14). The minimum absolute atomic E-state index is 0.275. The molecular formula is C7H10N6O. The van der Waals surface area contributed by atoms with Crippen LogP contribution in [-0.2, 0) is 6.42 Å². The number of aromatic nitrogens is 5. The lowest BCUT2D eigenvalue weighted by Gasteiger charge is -1.99. The molecule has 0 aromatic carbocycles. The summed E-state index contributed by atoms with van der Waals surface area (Å²) in [6.45, 7) is 0.695. The van der Waals surface area contributed by atoms with Gasteiger partial charge in [-0.2, -0.15) is 10.2 Å². The van der Waals surface area contributed by atoms with Gasteiger partial charge < -0.3 is 5.32 Å². The Balaban J connectivity index is 1.81. The van der Waals surface area contributed by atoms with Gasteiger partial charge in [0.1, 0.15) is 5.82 Å². The summed E-state index contributed by atoms with van der Waals surface area (Å²) in [7, 11) is 0. The highest BCUT2D eigenvalue weighted by Crippen LogP contribution is 2.00. The van der Waals surface area contributed by atoms with Crippen LogP contribution in [0.15, 0.2) is 17.2 Å². The largest absolute Gasteiger partial charge is 0.382 e. The van der Waals surface area contributed by atoms with Crippen LogP contribution in [0.4, 0.5) is 5.69 Å². The molecule has 2 aromatic rings. The maximum atomic E-state index is 10.7. The molecular weight excluding hydrogens is 184 g/mol. The Hall–Kier alpha value is -2.05. The summed E-state index contributed by atoms with van der Waals surface area (Å²) in [6.07, 6.45) is 4.10. The Kier molecular flexibility index (Phi) is 2.30. The third kappa shape index (κ3) is 2.00. The molecule has 0 bridgehead atoms. The monoisotopic (exact) mass is 194 g/mol. The van der Waals surface area contributed by atoms with Crippen LogP contribution in [0.5, 0.6) is 0 Å². The van der Waals surface area contributed by atoms with E-state index in [1.54, 1.807) is 12.4 Å². The van der Waals surface area contributed by atoms with E-state index in [2.05, 4.69) is 30.7 Å². The van der Waals surface area contributed by atoms with E-state index in [0.29, 0.717) is 18.8 Å². The van der Waals surface area contributed by atoms with Gasteiger partial charge in [-0.25, -0.2) is 9.89 Å². The summed E-state index contributed by atoms with van der Waals surface area (Å²) in [5.74, 6) is 0.644. The summed E-state index contributed by atoms with van der Waals surface area (Å²) in [5.41, 5.74) is 0.645. The quantitative estimate of drug-likeness (QED) is 0.525. The molecule has 0 aliphatic carbocycles. The SMILES string of the molecule is O=c1[nH]nc(CCNc2cn[nH]c2)[nH]1. The molecule has 0 fully saturated rings. The van der Waals surface area contributed by atoms with Crippen LogP contribution in [-0.4, -0.2) is 31.9 Å². The summed E-state index contributed by atoms with van der Waals surface area (Å²) in [5, 5.41) is 15.7. The van der Waals surface area contributed by atoms with Gasteiger partial charge in [-0.1, -0.05) is 0 Å². The molecule has 0 saturated heterocycles. The Bertz CT molecular complexity index is 427. The molecule has 74 valence electrons. The molecule has 0 amide bonds. The van der Waals surface area contributed by atoms with E-state index < -0.39 is 0 Å². The van der Waals surface area contributed by atoms with Gasteiger partial charge in [-0.15, -0.1) is 0 Å². The lowest BCUT2D eigenvalue weighted by molar-refractivity contribution is 0.901. The van der Waals surface area contributed by atoms with Crippen molar-refractivity contribution in [3.8, 4) is 0 Å². The Morgan fingerprint density at radius 1 is 1.50 bits per heavy atom. The van der Waals surface area contributed by atoms with Crippen molar-refractivity contribution in [2.75, 3.05) is 11.9 Å². The predicted octanol–water partition coefficient (Wildman–Crippen LogP) is -0.524. The highest BCUT2D eigenvalue weighted by atomic mass is 16.1. The van der Waals surface area contributed by atoms with E-state index in [4.69, 9.17) is 0 Å². The van der Waals surface area contributed by atoms with Crippen molar-refractivity contribution in [2.45, 2.75) is 6.42 Å². The maximum Gasteiger partial charge on any atom is 0.340 e. The van der Waals surface area contributed by atoms with E-state index >= 15 is 0 Å². The van der Waals surface area contributed by atoms with Crippen molar-refractivity contribution in [1.82, 2.24) is 25.4 Å². The van der Waals surface area contributed by atoms with Crippen molar-refractivity contribution in [1.29, 1.82) is 0 Å². The molecule has 7 nitrogen and oxygen atoms in total. The summed E-state index contributed by atoms with van der Waals surface area (Å²) in [6, 6.07) is 0. The topological polar surface area (TPSA) is 102 Å². The van der Waals surface area contributed by atoms with Crippen LogP contribution in [0.1, 0.15) is 5.82 Å². The first-order valence-electron chi connectivity index (χ1n) is 4.21. The Labute approximate surface area is 78.9 Å². The molecule has 2 heterocycles. The molecule has 0 unspecified atom stereocenters. The van der Waals surface area contributed by atoms with E-state index in [1.807, 2.05) is 0 Å². The van der Waals surface area contributed by atoms with Gasteiger partial charge in [-0.3, -0.25) is 10.1 Å². The molecule has 7 heteroatoms. The minimum Gasteiger partial charge on any atom is -0.382 e. The smallest absolute Gasteiger partial charge is 0.340 e. The molecule has 0 aliphatic heterocycles. The lowest BCUT2D eigenvalue weighted by atomic mass is 10.4. The molecule has 0 spiro atoms. The molecule has 2 rings (SSSR count). The number of hydrogen-bond donors (Lipinski definition) is 4. The first-order chi connectivity index (χ1) is 6.84. The molecule has 0 aliphatic rings. The average Bonchev–Trinajstić information content (AvgIpc) is 2.77. The van der Waals surface area contributed by atoms with E-state index in [1.165, 1.54) is 0 Å². The van der Waals surface area contributed by atoms with Crippen LogP contribution in [0.25, 0.3) is 0 Å². The fourth-order valence-electron chi connectivity index (χ4n) is 1.10. The van der Waals surface area contributed by atoms with Gasteiger partial charge in [0, 0.05) is 19.2 Å². The van der Waals surface area contributed by atoms with E-state index in [9.17, 15) is 4.79 Å². The van der Waals surface area contributed by atoms with Crippen LogP contribution < -0.4 is 11.0 Å². The second-order valence-electron chi connectivity index (χ2n) is 2.79. The third-order valence-electron chi connectivity index (χ3n) is 1.74. The van der Waals surface area contributed by atoms with E-state index in [0.717, 1.165) is 5.69 Å². The number of anilines is 1.